The minimum absolute atomic E-state index is 0.0293. The number of carboxylic acids is 1. The molecule has 1 amide bonds. The average Bonchev–Trinajstić information content (AvgIpc) is 3.40. The third-order valence-corrected chi connectivity index (χ3v) is 7.01. The van der Waals surface area contributed by atoms with E-state index in [0.29, 0.717) is 56.1 Å². The zero-order chi connectivity index (χ0) is 30.7. The molecule has 1 atom stereocenters. The summed E-state index contributed by atoms with van der Waals surface area (Å²) in [5.74, 6) is -2.73. The number of aliphatic carboxylic acids is 1. The van der Waals surface area contributed by atoms with E-state index in [-0.39, 0.29) is 17.5 Å². The second-order valence-electron chi connectivity index (χ2n) is 9.71. The Morgan fingerprint density at radius 3 is 2.45 bits per heavy atom. The summed E-state index contributed by atoms with van der Waals surface area (Å²) in [6.07, 6.45) is -1.99. The predicted molar refractivity (Wildman–Crippen MR) is 153 cm³/mol. The second-order valence-corrected chi connectivity index (χ2v) is 10.2. The highest BCUT2D eigenvalue weighted by atomic mass is 35.5. The molecule has 1 aliphatic heterocycles. The Hall–Kier alpha value is -3.48. The molecule has 1 aromatic heterocycles. The van der Waals surface area contributed by atoms with Crippen LogP contribution in [0, 0.1) is 0 Å². The Labute approximate surface area is 246 Å². The van der Waals surface area contributed by atoms with Crippen LogP contribution in [0.3, 0.4) is 0 Å². The van der Waals surface area contributed by atoms with Crippen LogP contribution in [0.25, 0.3) is 10.8 Å². The number of fused-ring (bicyclic) bond motifs is 1. The Kier molecular flexibility index (Phi) is 12.3. The molecule has 2 N–H and O–H groups in total. The number of rotatable bonds is 11. The maximum Gasteiger partial charge on any atom is 0.490 e. The summed E-state index contributed by atoms with van der Waals surface area (Å²) in [7, 11) is 0. The molecular weight excluding hydrogens is 577 g/mol. The highest BCUT2D eigenvalue weighted by Gasteiger charge is 2.38. The third kappa shape index (κ3) is 9.81. The number of hydrogen-bond acceptors (Lipinski definition) is 6. The monoisotopic (exact) mass is 610 g/mol. The summed E-state index contributed by atoms with van der Waals surface area (Å²) < 4.78 is 38.6. The number of nitrogens with zero attached hydrogens (tertiary/aromatic N) is 3. The first kappa shape index (κ1) is 33.0. The summed E-state index contributed by atoms with van der Waals surface area (Å²) in [5.41, 5.74) is 1.90. The molecule has 2 aromatic carbocycles. The highest BCUT2D eigenvalue weighted by molar-refractivity contribution is 6.30. The largest absolute Gasteiger partial charge is 0.490 e. The topological polar surface area (TPSA) is 114 Å². The van der Waals surface area contributed by atoms with Crippen molar-refractivity contribution in [3.63, 3.8) is 0 Å². The van der Waals surface area contributed by atoms with Gasteiger partial charge in [-0.25, -0.2) is 9.48 Å². The molecule has 3 aromatic rings. The molecule has 9 nitrogen and oxygen atoms in total. The normalized spacial score (nSPS) is 15.3. The van der Waals surface area contributed by atoms with E-state index in [2.05, 4.69) is 10.2 Å². The van der Waals surface area contributed by atoms with Crippen molar-refractivity contribution in [3.8, 4) is 0 Å². The van der Waals surface area contributed by atoms with Crippen LogP contribution in [0.2, 0.25) is 5.02 Å². The molecule has 0 bridgehead atoms. The molecule has 2 heterocycles. The van der Waals surface area contributed by atoms with Crippen LogP contribution in [-0.2, 0) is 27.3 Å². The van der Waals surface area contributed by atoms with Crippen molar-refractivity contribution >= 4 is 34.2 Å². The van der Waals surface area contributed by atoms with Crippen LogP contribution in [-0.4, -0.2) is 76.7 Å². The van der Waals surface area contributed by atoms with Gasteiger partial charge in [-0.15, -0.1) is 0 Å². The molecule has 1 fully saturated rings. The maximum atomic E-state index is 13.3. The molecule has 13 heteroatoms. The lowest BCUT2D eigenvalue weighted by molar-refractivity contribution is -0.192. The lowest BCUT2D eigenvalue weighted by Gasteiger charge is -2.25. The van der Waals surface area contributed by atoms with Gasteiger partial charge in [0.25, 0.3) is 5.56 Å². The molecular formula is C29H34ClF3N4O5. The van der Waals surface area contributed by atoms with Crippen LogP contribution in [0.15, 0.2) is 53.3 Å². The number of ether oxygens (including phenoxy) is 1. The van der Waals surface area contributed by atoms with Crippen molar-refractivity contribution in [1.29, 1.82) is 0 Å². The molecule has 1 aliphatic rings. The van der Waals surface area contributed by atoms with E-state index in [1.54, 1.807) is 4.68 Å². The summed E-state index contributed by atoms with van der Waals surface area (Å²) in [6, 6.07) is 15.6. The van der Waals surface area contributed by atoms with Gasteiger partial charge in [-0.2, -0.15) is 18.3 Å². The number of aromatic nitrogens is 2. The van der Waals surface area contributed by atoms with E-state index in [1.165, 1.54) is 0 Å². The van der Waals surface area contributed by atoms with Gasteiger partial charge in [-0.3, -0.25) is 14.5 Å². The second kappa shape index (κ2) is 15.7. The van der Waals surface area contributed by atoms with Crippen molar-refractivity contribution in [2.24, 2.45) is 0 Å². The fourth-order valence-corrected chi connectivity index (χ4v) is 4.82. The summed E-state index contributed by atoms with van der Waals surface area (Å²) in [6.45, 7) is 5.76. The molecule has 0 radical (unpaired) electrons. The van der Waals surface area contributed by atoms with Crippen LogP contribution < -0.4 is 10.9 Å². The summed E-state index contributed by atoms with van der Waals surface area (Å²) in [5, 5.41) is 17.1. The van der Waals surface area contributed by atoms with E-state index in [4.69, 9.17) is 31.3 Å². The van der Waals surface area contributed by atoms with Gasteiger partial charge in [0.1, 0.15) is 0 Å². The molecule has 4 rings (SSSR count). The molecule has 0 spiro atoms. The smallest absolute Gasteiger partial charge is 0.475 e. The fraction of sp³-hybridized carbons (Fsp3) is 0.448. The maximum absolute atomic E-state index is 13.3. The number of benzene rings is 2. The molecule has 1 unspecified atom stereocenters. The van der Waals surface area contributed by atoms with Gasteiger partial charge in [0.05, 0.1) is 24.2 Å². The van der Waals surface area contributed by atoms with E-state index in [1.807, 2.05) is 55.5 Å². The number of alkyl halides is 3. The number of hydrogen-bond donors (Lipinski definition) is 2. The molecule has 0 aliphatic carbocycles. The molecule has 0 saturated carbocycles. The van der Waals surface area contributed by atoms with Gasteiger partial charge in [0.15, 0.2) is 0 Å². The highest BCUT2D eigenvalue weighted by Crippen LogP contribution is 2.21. The number of likely N-dealkylation sites (tertiary alicyclic amines) is 1. The lowest BCUT2D eigenvalue weighted by atomic mass is 10.0. The number of halogens is 4. The Balaban J connectivity index is 0.000000616. The van der Waals surface area contributed by atoms with Gasteiger partial charge in [0.2, 0.25) is 5.91 Å². The fourth-order valence-electron chi connectivity index (χ4n) is 4.69. The summed E-state index contributed by atoms with van der Waals surface area (Å²) >= 11 is 6.05. The van der Waals surface area contributed by atoms with Crippen LogP contribution in [0.5, 0.6) is 0 Å². The quantitative estimate of drug-likeness (QED) is 0.312. The van der Waals surface area contributed by atoms with E-state index in [9.17, 15) is 22.8 Å². The van der Waals surface area contributed by atoms with Crippen molar-refractivity contribution in [2.45, 2.75) is 51.4 Å². The van der Waals surface area contributed by atoms with Crippen molar-refractivity contribution < 1.29 is 32.6 Å². The first-order chi connectivity index (χ1) is 20.0. The minimum atomic E-state index is -5.08. The van der Waals surface area contributed by atoms with Crippen LogP contribution in [0.1, 0.15) is 37.4 Å². The zero-order valence-corrected chi connectivity index (χ0v) is 24.0. The van der Waals surface area contributed by atoms with Gasteiger partial charge >= 0.3 is 12.1 Å². The molecule has 42 heavy (non-hydrogen) atoms. The number of carbonyl (C=O) groups excluding carboxylic acids is 1. The number of carbonyl (C=O) groups is 2. The minimum Gasteiger partial charge on any atom is -0.475 e. The summed E-state index contributed by atoms with van der Waals surface area (Å²) in [4.78, 5) is 36.7. The first-order valence-electron chi connectivity index (χ1n) is 13.6. The zero-order valence-electron chi connectivity index (χ0n) is 23.2. The number of nitrogens with one attached hydrogen (secondary N) is 1. The van der Waals surface area contributed by atoms with Crippen molar-refractivity contribution in [1.82, 2.24) is 20.0 Å². The SMILES string of the molecule is CCOCCNC(=O)CCN1CCCC1Cn1nc(Cc2ccc(Cl)cc2)c2ccccc2c1=O.O=C(O)C(F)(F)F. The van der Waals surface area contributed by atoms with E-state index < -0.39 is 12.1 Å². The predicted octanol–water partition coefficient (Wildman–Crippen LogP) is 4.28. The third-order valence-electron chi connectivity index (χ3n) is 6.75. The lowest BCUT2D eigenvalue weighted by Crippen LogP contribution is -2.39. The van der Waals surface area contributed by atoms with Gasteiger partial charge < -0.3 is 15.2 Å². The van der Waals surface area contributed by atoms with Crippen LogP contribution in [0.4, 0.5) is 13.2 Å². The van der Waals surface area contributed by atoms with Crippen molar-refractivity contribution in [2.75, 3.05) is 32.8 Å². The molecule has 228 valence electrons. The Morgan fingerprint density at radius 1 is 1.14 bits per heavy atom. The van der Waals surface area contributed by atoms with E-state index >= 15 is 0 Å². The van der Waals surface area contributed by atoms with Crippen LogP contribution >= 0.6 is 11.6 Å². The van der Waals surface area contributed by atoms with Gasteiger partial charge in [0, 0.05) is 49.0 Å². The van der Waals surface area contributed by atoms with Gasteiger partial charge in [-0.05, 0) is 50.1 Å². The standard InChI is InChI=1S/C27H33ClN4O3.C2HF3O2/c1-2-35-17-14-29-26(33)13-16-31-15-5-6-22(31)19-32-27(34)24-8-4-3-7-23(24)25(30-32)18-20-9-11-21(28)12-10-20;3-2(4,5)1(6)7/h3-4,7-12,22H,2,5-6,13-19H2,1H3,(H,29,33);(H,6,7). The van der Waals surface area contributed by atoms with Gasteiger partial charge in [-0.1, -0.05) is 41.9 Å². The average molecular weight is 611 g/mol. The van der Waals surface area contributed by atoms with E-state index in [0.717, 1.165) is 36.0 Å². The number of carboxylic acid groups (broad SMARTS) is 1. The molecule has 1 saturated heterocycles. The number of amides is 1. The van der Waals surface area contributed by atoms with Crippen molar-refractivity contribution in [3.05, 3.63) is 75.2 Å². The Morgan fingerprint density at radius 2 is 1.81 bits per heavy atom. The first-order valence-corrected chi connectivity index (χ1v) is 14.0. The Bertz CT molecular complexity index is 1400.